The second-order valence-electron chi connectivity index (χ2n) is 5.63. The number of benzene rings is 1. The van der Waals surface area contributed by atoms with Gasteiger partial charge in [-0.15, -0.1) is 0 Å². The quantitative estimate of drug-likeness (QED) is 0.906. The summed E-state index contributed by atoms with van der Waals surface area (Å²) in [5.74, 6) is -0.984. The molecular formula is C17H20N2O3. The largest absolute Gasteiger partial charge is 0.481 e. The van der Waals surface area contributed by atoms with E-state index >= 15 is 0 Å². The number of carbonyl (C=O) groups is 2. The molecule has 1 fully saturated rings. The number of nitriles is 1. The Morgan fingerprint density at radius 1 is 1.27 bits per heavy atom. The molecule has 0 atom stereocenters. The summed E-state index contributed by atoms with van der Waals surface area (Å²) in [4.78, 5) is 25.2. The highest BCUT2D eigenvalue weighted by Gasteiger charge is 2.27. The Hall–Kier alpha value is -2.35. The SMILES string of the molecule is N#Cc1cccc(N(CCC(=O)O)C(=O)C2CCCCC2)c1. The molecule has 1 aliphatic rings. The van der Waals surface area contributed by atoms with Crippen molar-refractivity contribution in [2.75, 3.05) is 11.4 Å². The second-order valence-corrected chi connectivity index (χ2v) is 5.63. The van der Waals surface area contributed by atoms with E-state index in [-0.39, 0.29) is 24.8 Å². The highest BCUT2D eigenvalue weighted by Crippen LogP contribution is 2.28. The van der Waals surface area contributed by atoms with Crippen molar-refractivity contribution in [2.24, 2.45) is 5.92 Å². The van der Waals surface area contributed by atoms with E-state index < -0.39 is 5.97 Å². The number of carboxylic acids is 1. The topological polar surface area (TPSA) is 81.4 Å². The van der Waals surface area contributed by atoms with Crippen molar-refractivity contribution in [3.8, 4) is 6.07 Å². The monoisotopic (exact) mass is 300 g/mol. The zero-order valence-corrected chi connectivity index (χ0v) is 12.5. The lowest BCUT2D eigenvalue weighted by Gasteiger charge is -2.29. The number of amides is 1. The molecule has 1 aromatic carbocycles. The zero-order valence-electron chi connectivity index (χ0n) is 12.5. The van der Waals surface area contributed by atoms with Gasteiger partial charge >= 0.3 is 5.97 Å². The van der Waals surface area contributed by atoms with Gasteiger partial charge in [0.15, 0.2) is 0 Å². The molecule has 1 aromatic rings. The number of anilines is 1. The van der Waals surface area contributed by atoms with E-state index in [4.69, 9.17) is 10.4 Å². The van der Waals surface area contributed by atoms with Gasteiger partial charge in [0.05, 0.1) is 18.1 Å². The number of carboxylic acid groups (broad SMARTS) is 1. The summed E-state index contributed by atoms with van der Waals surface area (Å²) < 4.78 is 0. The number of hydrogen-bond acceptors (Lipinski definition) is 3. The van der Waals surface area contributed by atoms with Crippen LogP contribution in [0.3, 0.4) is 0 Å². The minimum atomic E-state index is -0.933. The van der Waals surface area contributed by atoms with E-state index in [1.54, 1.807) is 24.3 Å². The first kappa shape index (κ1) is 16.0. The van der Waals surface area contributed by atoms with E-state index in [2.05, 4.69) is 6.07 Å². The van der Waals surface area contributed by atoms with Crippen molar-refractivity contribution in [2.45, 2.75) is 38.5 Å². The highest BCUT2D eigenvalue weighted by atomic mass is 16.4. The van der Waals surface area contributed by atoms with Crippen molar-refractivity contribution in [3.05, 3.63) is 29.8 Å². The zero-order chi connectivity index (χ0) is 15.9. The van der Waals surface area contributed by atoms with Gasteiger partial charge < -0.3 is 10.0 Å². The molecule has 0 radical (unpaired) electrons. The number of aliphatic carboxylic acids is 1. The van der Waals surface area contributed by atoms with E-state index in [0.717, 1.165) is 32.1 Å². The Kier molecular flexibility index (Phi) is 5.54. The standard InChI is InChI=1S/C17H20N2O3/c18-12-13-5-4-8-15(11-13)19(10-9-16(20)21)17(22)14-6-2-1-3-7-14/h4-5,8,11,14H,1-3,6-7,9-10H2,(H,20,21). The third-order valence-electron chi connectivity index (χ3n) is 4.06. The summed E-state index contributed by atoms with van der Waals surface area (Å²) in [6.07, 6.45) is 4.86. The molecule has 116 valence electrons. The lowest BCUT2D eigenvalue weighted by atomic mass is 9.88. The molecule has 0 spiro atoms. The van der Waals surface area contributed by atoms with Gasteiger partial charge in [-0.2, -0.15) is 5.26 Å². The van der Waals surface area contributed by atoms with Crippen LogP contribution in [0.15, 0.2) is 24.3 Å². The maximum atomic E-state index is 12.8. The molecule has 0 saturated heterocycles. The van der Waals surface area contributed by atoms with Crippen LogP contribution >= 0.6 is 0 Å². The Bertz CT molecular complexity index is 586. The molecule has 5 nitrogen and oxygen atoms in total. The predicted octanol–water partition coefficient (Wildman–Crippen LogP) is 2.95. The van der Waals surface area contributed by atoms with Gasteiger partial charge in [-0.3, -0.25) is 9.59 Å². The molecule has 0 unspecified atom stereocenters. The lowest BCUT2D eigenvalue weighted by Crippen LogP contribution is -2.38. The second kappa shape index (κ2) is 7.60. The van der Waals surface area contributed by atoms with E-state index in [0.29, 0.717) is 11.3 Å². The smallest absolute Gasteiger partial charge is 0.305 e. The minimum Gasteiger partial charge on any atom is -0.481 e. The number of carbonyl (C=O) groups excluding carboxylic acids is 1. The van der Waals surface area contributed by atoms with Gasteiger partial charge in [-0.05, 0) is 31.0 Å². The first-order valence-corrected chi connectivity index (χ1v) is 7.65. The summed E-state index contributed by atoms with van der Waals surface area (Å²) in [5, 5.41) is 17.9. The van der Waals surface area contributed by atoms with E-state index in [9.17, 15) is 9.59 Å². The fourth-order valence-electron chi connectivity index (χ4n) is 2.89. The average Bonchev–Trinajstić information content (AvgIpc) is 2.55. The van der Waals surface area contributed by atoms with Crippen LogP contribution in [0.1, 0.15) is 44.1 Å². The van der Waals surface area contributed by atoms with Crippen molar-refractivity contribution in [1.82, 2.24) is 0 Å². The summed E-state index contributed by atoms with van der Waals surface area (Å²) in [6.45, 7) is 0.138. The van der Waals surface area contributed by atoms with Crippen molar-refractivity contribution >= 4 is 17.6 Å². The van der Waals surface area contributed by atoms with Gasteiger partial charge in [-0.1, -0.05) is 25.3 Å². The molecule has 0 aromatic heterocycles. The van der Waals surface area contributed by atoms with Crippen LogP contribution in [0.5, 0.6) is 0 Å². The Balaban J connectivity index is 2.22. The highest BCUT2D eigenvalue weighted by molar-refractivity contribution is 5.95. The number of rotatable bonds is 5. The molecule has 1 N–H and O–H groups in total. The summed E-state index contributed by atoms with van der Waals surface area (Å²) >= 11 is 0. The van der Waals surface area contributed by atoms with E-state index in [1.807, 2.05) is 0 Å². The van der Waals surface area contributed by atoms with Crippen LogP contribution in [-0.2, 0) is 9.59 Å². The Morgan fingerprint density at radius 3 is 2.64 bits per heavy atom. The van der Waals surface area contributed by atoms with Gasteiger partial charge in [0.25, 0.3) is 0 Å². The van der Waals surface area contributed by atoms with Gasteiger partial charge in [0.1, 0.15) is 0 Å². The third-order valence-corrected chi connectivity index (χ3v) is 4.06. The molecular weight excluding hydrogens is 280 g/mol. The molecule has 5 heteroatoms. The third kappa shape index (κ3) is 4.08. The maximum absolute atomic E-state index is 12.8. The molecule has 0 aliphatic heterocycles. The normalized spacial score (nSPS) is 15.0. The minimum absolute atomic E-state index is 0.0176. The summed E-state index contributed by atoms with van der Waals surface area (Å²) in [7, 11) is 0. The molecule has 2 rings (SSSR count). The molecule has 0 heterocycles. The van der Waals surface area contributed by atoms with E-state index in [1.165, 1.54) is 4.90 Å². The first-order valence-electron chi connectivity index (χ1n) is 7.65. The lowest BCUT2D eigenvalue weighted by molar-refractivity contribution is -0.136. The average molecular weight is 300 g/mol. The van der Waals surface area contributed by atoms with Crippen LogP contribution in [0, 0.1) is 17.2 Å². The Labute approximate surface area is 130 Å². The van der Waals surface area contributed by atoms with Crippen molar-refractivity contribution in [3.63, 3.8) is 0 Å². The fourth-order valence-corrected chi connectivity index (χ4v) is 2.89. The van der Waals surface area contributed by atoms with Crippen LogP contribution in [0.4, 0.5) is 5.69 Å². The van der Waals surface area contributed by atoms with Gasteiger partial charge in [0, 0.05) is 18.2 Å². The fraction of sp³-hybridized carbons (Fsp3) is 0.471. The van der Waals surface area contributed by atoms with Crippen molar-refractivity contribution < 1.29 is 14.7 Å². The summed E-state index contributed by atoms with van der Waals surface area (Å²) in [5.41, 5.74) is 1.07. The van der Waals surface area contributed by atoms with Gasteiger partial charge in [-0.25, -0.2) is 0 Å². The van der Waals surface area contributed by atoms with Crippen LogP contribution in [0.25, 0.3) is 0 Å². The molecule has 0 bridgehead atoms. The molecule has 1 aliphatic carbocycles. The van der Waals surface area contributed by atoms with Crippen molar-refractivity contribution in [1.29, 1.82) is 5.26 Å². The van der Waals surface area contributed by atoms with Gasteiger partial charge in [0.2, 0.25) is 5.91 Å². The van der Waals surface area contributed by atoms with Crippen LogP contribution in [0.2, 0.25) is 0 Å². The predicted molar refractivity (Wildman–Crippen MR) is 82.3 cm³/mol. The number of nitrogens with zero attached hydrogens (tertiary/aromatic N) is 2. The molecule has 1 amide bonds. The van der Waals surface area contributed by atoms with Crippen LogP contribution in [-0.4, -0.2) is 23.5 Å². The molecule has 1 saturated carbocycles. The number of hydrogen-bond donors (Lipinski definition) is 1. The molecule has 22 heavy (non-hydrogen) atoms. The first-order chi connectivity index (χ1) is 10.6. The van der Waals surface area contributed by atoms with Crippen LogP contribution < -0.4 is 4.90 Å². The Morgan fingerprint density at radius 2 is 2.00 bits per heavy atom. The maximum Gasteiger partial charge on any atom is 0.305 e. The summed E-state index contributed by atoms with van der Waals surface area (Å²) in [6, 6.07) is 8.83.